The zero-order chi connectivity index (χ0) is 19.1. The van der Waals surface area contributed by atoms with Gasteiger partial charge in [0.2, 0.25) is 11.8 Å². The van der Waals surface area contributed by atoms with E-state index in [2.05, 4.69) is 26.6 Å². The highest BCUT2D eigenvalue weighted by molar-refractivity contribution is 9.10. The van der Waals surface area contributed by atoms with Crippen LogP contribution in [-0.4, -0.2) is 36.9 Å². The van der Waals surface area contributed by atoms with E-state index in [4.69, 9.17) is 0 Å². The fourth-order valence-corrected chi connectivity index (χ4v) is 2.70. The van der Waals surface area contributed by atoms with Crippen LogP contribution in [0.1, 0.15) is 18.5 Å². The molecule has 0 aliphatic rings. The SMILES string of the molecule is CC(NC(=O)CN(C)CC(=O)Nc1cccc(F)c1)c1ccc(Br)cc1. The Labute approximate surface area is 160 Å². The van der Waals surface area contributed by atoms with Gasteiger partial charge in [0.15, 0.2) is 0 Å². The number of rotatable bonds is 7. The molecule has 0 radical (unpaired) electrons. The molecule has 138 valence electrons. The van der Waals surface area contributed by atoms with E-state index in [0.717, 1.165) is 10.0 Å². The van der Waals surface area contributed by atoms with Gasteiger partial charge in [0.1, 0.15) is 5.82 Å². The molecule has 5 nitrogen and oxygen atoms in total. The molecule has 0 spiro atoms. The number of nitrogens with one attached hydrogen (secondary N) is 2. The molecule has 0 aliphatic carbocycles. The van der Waals surface area contributed by atoms with Crippen molar-refractivity contribution in [1.82, 2.24) is 10.2 Å². The Kier molecular flexibility index (Phi) is 7.29. The highest BCUT2D eigenvalue weighted by atomic mass is 79.9. The monoisotopic (exact) mass is 421 g/mol. The number of anilines is 1. The Morgan fingerprint density at radius 1 is 1.12 bits per heavy atom. The summed E-state index contributed by atoms with van der Waals surface area (Å²) in [4.78, 5) is 25.7. The van der Waals surface area contributed by atoms with Gasteiger partial charge in [0.25, 0.3) is 0 Å². The second-order valence-corrected chi connectivity index (χ2v) is 6.99. The van der Waals surface area contributed by atoms with Crippen LogP contribution in [0.25, 0.3) is 0 Å². The zero-order valence-corrected chi connectivity index (χ0v) is 16.2. The summed E-state index contributed by atoms with van der Waals surface area (Å²) in [5, 5.41) is 5.50. The van der Waals surface area contributed by atoms with Crippen molar-refractivity contribution in [3.63, 3.8) is 0 Å². The molecule has 26 heavy (non-hydrogen) atoms. The lowest BCUT2D eigenvalue weighted by atomic mass is 10.1. The molecule has 1 atom stereocenters. The maximum atomic E-state index is 13.1. The highest BCUT2D eigenvalue weighted by Gasteiger charge is 2.14. The van der Waals surface area contributed by atoms with Crippen LogP contribution >= 0.6 is 15.9 Å². The van der Waals surface area contributed by atoms with Gasteiger partial charge in [0.05, 0.1) is 19.1 Å². The van der Waals surface area contributed by atoms with E-state index in [0.29, 0.717) is 5.69 Å². The van der Waals surface area contributed by atoms with Gasteiger partial charge in [-0.15, -0.1) is 0 Å². The molecule has 0 heterocycles. The van der Waals surface area contributed by atoms with Crippen LogP contribution in [0.15, 0.2) is 53.0 Å². The summed E-state index contributed by atoms with van der Waals surface area (Å²) in [7, 11) is 1.68. The molecule has 2 rings (SSSR count). The minimum Gasteiger partial charge on any atom is -0.348 e. The van der Waals surface area contributed by atoms with Gasteiger partial charge < -0.3 is 10.6 Å². The molecule has 0 fully saturated rings. The van der Waals surface area contributed by atoms with Crippen molar-refractivity contribution in [2.45, 2.75) is 13.0 Å². The number of hydrogen-bond acceptors (Lipinski definition) is 3. The fourth-order valence-electron chi connectivity index (χ4n) is 2.43. The molecule has 0 aromatic heterocycles. The first-order chi connectivity index (χ1) is 12.3. The summed E-state index contributed by atoms with van der Waals surface area (Å²) in [5.41, 5.74) is 1.38. The van der Waals surface area contributed by atoms with Gasteiger partial charge in [-0.05, 0) is 49.9 Å². The first-order valence-electron chi connectivity index (χ1n) is 8.12. The third-order valence-corrected chi connectivity index (χ3v) is 4.21. The van der Waals surface area contributed by atoms with Crippen LogP contribution in [0.4, 0.5) is 10.1 Å². The standard InChI is InChI=1S/C19H21BrFN3O2/c1-13(14-6-8-15(20)9-7-14)22-18(25)11-24(2)12-19(26)23-17-5-3-4-16(21)10-17/h3-10,13H,11-12H2,1-2H3,(H,22,25)(H,23,26). The highest BCUT2D eigenvalue weighted by Crippen LogP contribution is 2.16. The number of carbonyl (C=O) groups excluding carboxylic acids is 2. The van der Waals surface area contributed by atoms with Crippen LogP contribution < -0.4 is 10.6 Å². The molecule has 0 saturated heterocycles. The summed E-state index contributed by atoms with van der Waals surface area (Å²) < 4.78 is 14.1. The van der Waals surface area contributed by atoms with E-state index in [1.165, 1.54) is 18.2 Å². The smallest absolute Gasteiger partial charge is 0.238 e. The van der Waals surface area contributed by atoms with E-state index in [1.807, 2.05) is 31.2 Å². The lowest BCUT2D eigenvalue weighted by Crippen LogP contribution is -2.39. The molecule has 0 aliphatic heterocycles. The summed E-state index contributed by atoms with van der Waals surface area (Å²) in [6, 6.07) is 13.2. The average molecular weight is 422 g/mol. The molecule has 7 heteroatoms. The predicted octanol–water partition coefficient (Wildman–Crippen LogP) is 3.34. The van der Waals surface area contributed by atoms with E-state index < -0.39 is 5.82 Å². The minimum atomic E-state index is -0.419. The second kappa shape index (κ2) is 9.45. The lowest BCUT2D eigenvalue weighted by Gasteiger charge is -2.19. The van der Waals surface area contributed by atoms with E-state index in [-0.39, 0.29) is 30.9 Å². The maximum Gasteiger partial charge on any atom is 0.238 e. The van der Waals surface area contributed by atoms with Crippen molar-refractivity contribution in [1.29, 1.82) is 0 Å². The van der Waals surface area contributed by atoms with Crippen LogP contribution in [0.2, 0.25) is 0 Å². The van der Waals surface area contributed by atoms with Crippen molar-refractivity contribution in [3.05, 3.63) is 64.4 Å². The minimum absolute atomic E-state index is 0.0244. The maximum absolute atomic E-state index is 13.1. The number of carbonyl (C=O) groups is 2. The van der Waals surface area contributed by atoms with E-state index in [9.17, 15) is 14.0 Å². The van der Waals surface area contributed by atoms with Gasteiger partial charge in [-0.2, -0.15) is 0 Å². The van der Waals surface area contributed by atoms with E-state index in [1.54, 1.807) is 18.0 Å². The number of nitrogens with zero attached hydrogens (tertiary/aromatic N) is 1. The van der Waals surface area contributed by atoms with Crippen molar-refractivity contribution < 1.29 is 14.0 Å². The van der Waals surface area contributed by atoms with Gasteiger partial charge in [-0.3, -0.25) is 14.5 Å². The summed E-state index contributed by atoms with van der Waals surface area (Å²) in [6.45, 7) is 2.01. The molecular weight excluding hydrogens is 401 g/mol. The number of benzene rings is 2. The Hall–Kier alpha value is -2.25. The topological polar surface area (TPSA) is 61.4 Å². The normalized spacial score (nSPS) is 11.9. The Balaban J connectivity index is 1.79. The van der Waals surface area contributed by atoms with Gasteiger partial charge in [0, 0.05) is 10.2 Å². The quantitative estimate of drug-likeness (QED) is 0.720. The molecule has 0 bridgehead atoms. The average Bonchev–Trinajstić information content (AvgIpc) is 2.54. The van der Waals surface area contributed by atoms with Gasteiger partial charge in [-0.1, -0.05) is 34.1 Å². The van der Waals surface area contributed by atoms with Crippen molar-refractivity contribution >= 4 is 33.4 Å². The third-order valence-electron chi connectivity index (χ3n) is 3.68. The fraction of sp³-hybridized carbons (Fsp3) is 0.263. The molecule has 2 N–H and O–H groups in total. The first-order valence-corrected chi connectivity index (χ1v) is 8.91. The number of amides is 2. The number of likely N-dealkylation sites (N-methyl/N-ethyl adjacent to an activating group) is 1. The Bertz CT molecular complexity index is 768. The first kappa shape index (κ1) is 20.1. The van der Waals surface area contributed by atoms with Crippen LogP contribution in [0.5, 0.6) is 0 Å². The number of hydrogen-bond donors (Lipinski definition) is 2. The lowest BCUT2D eigenvalue weighted by molar-refractivity contribution is -0.123. The van der Waals surface area contributed by atoms with E-state index >= 15 is 0 Å². The predicted molar refractivity (Wildman–Crippen MR) is 103 cm³/mol. The van der Waals surface area contributed by atoms with Crippen LogP contribution in [0, 0.1) is 5.82 Å². The second-order valence-electron chi connectivity index (χ2n) is 6.07. The third kappa shape index (κ3) is 6.57. The molecule has 1 unspecified atom stereocenters. The summed E-state index contributed by atoms with van der Waals surface area (Å²) in [5.74, 6) is -0.911. The molecule has 2 aromatic carbocycles. The molecular formula is C19H21BrFN3O2. The van der Waals surface area contributed by atoms with Crippen LogP contribution in [0.3, 0.4) is 0 Å². The van der Waals surface area contributed by atoms with Gasteiger partial charge >= 0.3 is 0 Å². The number of halogens is 2. The zero-order valence-electron chi connectivity index (χ0n) is 14.6. The van der Waals surface area contributed by atoms with Gasteiger partial charge in [-0.25, -0.2) is 4.39 Å². The summed E-state index contributed by atoms with van der Waals surface area (Å²) in [6.07, 6.45) is 0. The molecule has 2 aromatic rings. The van der Waals surface area contributed by atoms with Crippen molar-refractivity contribution in [2.24, 2.45) is 0 Å². The molecule has 2 amide bonds. The Morgan fingerprint density at radius 3 is 2.42 bits per heavy atom. The van der Waals surface area contributed by atoms with Crippen LogP contribution in [-0.2, 0) is 9.59 Å². The Morgan fingerprint density at radius 2 is 1.77 bits per heavy atom. The summed E-state index contributed by atoms with van der Waals surface area (Å²) >= 11 is 3.38. The van der Waals surface area contributed by atoms with Crippen molar-refractivity contribution in [3.8, 4) is 0 Å². The van der Waals surface area contributed by atoms with Crippen molar-refractivity contribution in [2.75, 3.05) is 25.5 Å². The molecule has 0 saturated carbocycles. The largest absolute Gasteiger partial charge is 0.348 e.